The zero-order valence-electron chi connectivity index (χ0n) is 10.3. The summed E-state index contributed by atoms with van der Waals surface area (Å²) in [7, 11) is 0. The number of ether oxygens (including phenoxy) is 1. The Morgan fingerprint density at radius 2 is 2.11 bits per heavy atom. The Labute approximate surface area is 105 Å². The molecule has 0 amide bonds. The van der Waals surface area contributed by atoms with E-state index in [1.54, 1.807) is 29.4 Å². The predicted octanol–water partition coefficient (Wildman–Crippen LogP) is 2.48. The topological polar surface area (TPSA) is 44.1 Å². The largest absolute Gasteiger partial charge is 0.484 e. The zero-order chi connectivity index (χ0) is 12.8. The van der Waals surface area contributed by atoms with Gasteiger partial charge in [0, 0.05) is 12.4 Å². The van der Waals surface area contributed by atoms with Gasteiger partial charge in [-0.25, -0.2) is 4.98 Å². The van der Waals surface area contributed by atoms with Gasteiger partial charge in [0.2, 0.25) is 0 Å². The van der Waals surface area contributed by atoms with Crippen LogP contribution in [0, 0.1) is 0 Å². The van der Waals surface area contributed by atoms with Crippen molar-refractivity contribution in [3.8, 4) is 5.75 Å². The summed E-state index contributed by atoms with van der Waals surface area (Å²) in [5.41, 5.74) is 0.0436. The second-order valence-electron chi connectivity index (χ2n) is 4.98. The second kappa shape index (κ2) is 3.70. The van der Waals surface area contributed by atoms with Crippen molar-refractivity contribution < 1.29 is 9.53 Å². The molecule has 0 radical (unpaired) electrons. The first-order valence-corrected chi connectivity index (χ1v) is 5.89. The van der Waals surface area contributed by atoms with Crippen LogP contribution >= 0.6 is 0 Å². The highest BCUT2D eigenvalue weighted by molar-refractivity contribution is 6.03. The summed E-state index contributed by atoms with van der Waals surface area (Å²) < 4.78 is 7.76. The minimum atomic E-state index is -0.591. The molecule has 0 N–H and O–H groups in total. The number of hydrogen-bond donors (Lipinski definition) is 0. The molecule has 18 heavy (non-hydrogen) atoms. The average Bonchev–Trinajstić information content (AvgIpc) is 2.81. The lowest BCUT2D eigenvalue weighted by molar-refractivity contribution is 0.0303. The molecule has 4 heteroatoms. The molecule has 3 rings (SSSR count). The SMILES string of the molecule is CC1(C)Oc2ccccc2C(=O)C1n1ccnc1. The third kappa shape index (κ3) is 1.53. The fraction of sp³-hybridized carbons (Fsp3) is 0.286. The third-order valence-corrected chi connectivity index (χ3v) is 3.26. The smallest absolute Gasteiger partial charge is 0.193 e. The Hall–Kier alpha value is -2.10. The van der Waals surface area contributed by atoms with Crippen LogP contribution in [0.15, 0.2) is 43.0 Å². The molecule has 92 valence electrons. The van der Waals surface area contributed by atoms with E-state index in [9.17, 15) is 4.79 Å². The van der Waals surface area contributed by atoms with Crippen LogP contribution in [0.3, 0.4) is 0 Å². The highest BCUT2D eigenvalue weighted by atomic mass is 16.5. The molecule has 0 fully saturated rings. The van der Waals surface area contributed by atoms with E-state index < -0.39 is 5.60 Å². The highest BCUT2D eigenvalue weighted by Crippen LogP contribution is 2.39. The molecule has 0 bridgehead atoms. The fourth-order valence-corrected chi connectivity index (χ4v) is 2.48. The maximum absolute atomic E-state index is 12.6. The molecule has 1 aliphatic rings. The number of fused-ring (bicyclic) bond motifs is 1. The molecule has 1 aromatic heterocycles. The summed E-state index contributed by atoms with van der Waals surface area (Å²) in [5.74, 6) is 0.726. The van der Waals surface area contributed by atoms with E-state index in [2.05, 4.69) is 4.98 Å². The van der Waals surface area contributed by atoms with Crippen LogP contribution < -0.4 is 4.74 Å². The first-order valence-electron chi connectivity index (χ1n) is 5.89. The van der Waals surface area contributed by atoms with Gasteiger partial charge in [0.05, 0.1) is 11.9 Å². The Balaban J connectivity index is 2.14. The molecule has 0 saturated heterocycles. The van der Waals surface area contributed by atoms with Crippen molar-refractivity contribution in [1.82, 2.24) is 9.55 Å². The predicted molar refractivity (Wildman–Crippen MR) is 66.7 cm³/mol. The molecule has 1 aliphatic heterocycles. The lowest BCUT2D eigenvalue weighted by Gasteiger charge is -2.39. The molecule has 0 saturated carbocycles. The molecule has 2 aromatic rings. The van der Waals surface area contributed by atoms with E-state index in [4.69, 9.17) is 4.74 Å². The molecular formula is C14H14N2O2. The summed E-state index contributed by atoms with van der Waals surface area (Å²) in [6.45, 7) is 3.84. The quantitative estimate of drug-likeness (QED) is 0.771. The minimum absolute atomic E-state index is 0.0693. The number of hydrogen-bond acceptors (Lipinski definition) is 3. The fourth-order valence-electron chi connectivity index (χ4n) is 2.48. The van der Waals surface area contributed by atoms with Gasteiger partial charge in [0.25, 0.3) is 0 Å². The van der Waals surface area contributed by atoms with Crippen LogP contribution in [0.2, 0.25) is 0 Å². The summed E-state index contributed by atoms with van der Waals surface area (Å²) in [6, 6.07) is 6.98. The van der Waals surface area contributed by atoms with Crippen molar-refractivity contribution >= 4 is 5.78 Å². The highest BCUT2D eigenvalue weighted by Gasteiger charge is 2.43. The molecule has 2 heterocycles. The minimum Gasteiger partial charge on any atom is -0.484 e. The summed E-state index contributed by atoms with van der Waals surface area (Å²) >= 11 is 0. The standard InChI is InChI=1S/C14H14N2O2/c1-14(2)13(16-8-7-15-9-16)12(17)10-5-3-4-6-11(10)18-14/h3-9,13H,1-2H3. The van der Waals surface area contributed by atoms with E-state index in [1.807, 2.05) is 32.0 Å². The van der Waals surface area contributed by atoms with Gasteiger partial charge in [0.1, 0.15) is 17.4 Å². The lowest BCUT2D eigenvalue weighted by Crippen LogP contribution is -2.46. The molecule has 1 unspecified atom stereocenters. The van der Waals surface area contributed by atoms with E-state index in [1.165, 1.54) is 0 Å². The molecular weight excluding hydrogens is 228 g/mol. The second-order valence-corrected chi connectivity index (χ2v) is 4.98. The van der Waals surface area contributed by atoms with Gasteiger partial charge in [-0.15, -0.1) is 0 Å². The molecule has 1 aromatic carbocycles. The van der Waals surface area contributed by atoms with Crippen LogP contribution in [0.1, 0.15) is 30.2 Å². The van der Waals surface area contributed by atoms with E-state index in [0.29, 0.717) is 11.3 Å². The Morgan fingerprint density at radius 3 is 2.83 bits per heavy atom. The number of carbonyl (C=O) groups is 1. The van der Waals surface area contributed by atoms with Crippen LogP contribution in [0.4, 0.5) is 0 Å². The maximum atomic E-state index is 12.6. The average molecular weight is 242 g/mol. The van der Waals surface area contributed by atoms with Crippen LogP contribution in [-0.4, -0.2) is 20.9 Å². The summed E-state index contributed by atoms with van der Waals surface area (Å²) in [6.07, 6.45) is 5.12. The van der Waals surface area contributed by atoms with Gasteiger partial charge in [-0.3, -0.25) is 4.79 Å². The molecule has 0 spiro atoms. The van der Waals surface area contributed by atoms with Crippen molar-refractivity contribution in [3.05, 3.63) is 48.5 Å². The number of nitrogens with zero attached hydrogens (tertiary/aromatic N) is 2. The van der Waals surface area contributed by atoms with Crippen molar-refractivity contribution in [2.24, 2.45) is 0 Å². The van der Waals surface area contributed by atoms with Gasteiger partial charge in [-0.2, -0.15) is 0 Å². The zero-order valence-corrected chi connectivity index (χ0v) is 10.3. The van der Waals surface area contributed by atoms with E-state index in [-0.39, 0.29) is 11.8 Å². The maximum Gasteiger partial charge on any atom is 0.193 e. The van der Waals surface area contributed by atoms with E-state index >= 15 is 0 Å². The Kier molecular flexibility index (Phi) is 2.26. The number of ketones is 1. The van der Waals surface area contributed by atoms with Gasteiger partial charge >= 0.3 is 0 Å². The van der Waals surface area contributed by atoms with Crippen molar-refractivity contribution in [2.75, 3.05) is 0 Å². The Bertz CT molecular complexity index is 588. The number of para-hydroxylation sites is 1. The first kappa shape index (κ1) is 11.0. The lowest BCUT2D eigenvalue weighted by atomic mass is 9.87. The van der Waals surface area contributed by atoms with Crippen LogP contribution in [-0.2, 0) is 0 Å². The van der Waals surface area contributed by atoms with Gasteiger partial charge in [0.15, 0.2) is 5.78 Å². The Morgan fingerprint density at radius 1 is 1.33 bits per heavy atom. The third-order valence-electron chi connectivity index (χ3n) is 3.26. The normalized spacial score (nSPS) is 21.2. The van der Waals surface area contributed by atoms with E-state index in [0.717, 1.165) is 0 Å². The number of Topliss-reactive ketones (excluding diaryl/α,β-unsaturated/α-hetero) is 1. The van der Waals surface area contributed by atoms with Crippen molar-refractivity contribution in [3.63, 3.8) is 0 Å². The number of carbonyl (C=O) groups excluding carboxylic acids is 1. The first-order chi connectivity index (χ1) is 8.59. The van der Waals surface area contributed by atoms with Gasteiger partial charge < -0.3 is 9.30 Å². The summed E-state index contributed by atoms with van der Waals surface area (Å²) in [5, 5.41) is 0. The number of imidazole rings is 1. The van der Waals surface area contributed by atoms with Crippen LogP contribution in [0.5, 0.6) is 5.75 Å². The number of aromatic nitrogens is 2. The number of rotatable bonds is 1. The molecule has 0 aliphatic carbocycles. The van der Waals surface area contributed by atoms with Crippen molar-refractivity contribution in [1.29, 1.82) is 0 Å². The molecule has 1 atom stereocenters. The van der Waals surface area contributed by atoms with Crippen LogP contribution in [0.25, 0.3) is 0 Å². The summed E-state index contributed by atoms with van der Waals surface area (Å²) in [4.78, 5) is 16.6. The molecule has 4 nitrogen and oxygen atoms in total. The monoisotopic (exact) mass is 242 g/mol. The number of benzene rings is 1. The van der Waals surface area contributed by atoms with Crippen molar-refractivity contribution in [2.45, 2.75) is 25.5 Å². The van der Waals surface area contributed by atoms with Gasteiger partial charge in [-0.05, 0) is 26.0 Å². The van der Waals surface area contributed by atoms with Gasteiger partial charge in [-0.1, -0.05) is 12.1 Å².